The number of likely N-dealkylation sites (tertiary alicyclic amines) is 1. The lowest BCUT2D eigenvalue weighted by atomic mass is 10.1. The van der Waals surface area contributed by atoms with Crippen molar-refractivity contribution < 1.29 is 13.9 Å². The van der Waals surface area contributed by atoms with Crippen LogP contribution in [-0.4, -0.2) is 62.8 Å². The van der Waals surface area contributed by atoms with Crippen molar-refractivity contribution in [2.45, 2.75) is 31.8 Å². The molecule has 2 aromatic heterocycles. The van der Waals surface area contributed by atoms with Crippen LogP contribution in [0.2, 0.25) is 0 Å². The summed E-state index contributed by atoms with van der Waals surface area (Å²) < 4.78 is 16.5. The van der Waals surface area contributed by atoms with Gasteiger partial charge >= 0.3 is 0 Å². The van der Waals surface area contributed by atoms with E-state index in [4.69, 9.17) is 13.9 Å². The van der Waals surface area contributed by atoms with Crippen molar-refractivity contribution in [2.75, 3.05) is 47.0 Å². The van der Waals surface area contributed by atoms with E-state index in [1.807, 2.05) is 18.2 Å². The number of methoxy groups -OCH3 is 1. The molecule has 2 N–H and O–H groups in total. The first kappa shape index (κ1) is 25.4. The molecule has 0 amide bonds. The van der Waals surface area contributed by atoms with Crippen LogP contribution in [0, 0.1) is 0 Å². The quantitative estimate of drug-likeness (QED) is 0.206. The largest absolute Gasteiger partial charge is 0.475 e. The number of rotatable bonds is 10. The third-order valence-corrected chi connectivity index (χ3v) is 5.21. The number of aromatic nitrogens is 1. The summed E-state index contributed by atoms with van der Waals surface area (Å²) in [6, 6.07) is 8.09. The third-order valence-electron chi connectivity index (χ3n) is 5.21. The molecule has 9 heteroatoms. The van der Waals surface area contributed by atoms with E-state index < -0.39 is 0 Å². The first-order valence-electron chi connectivity index (χ1n) is 10.6. The molecule has 0 bridgehead atoms. The maximum Gasteiger partial charge on any atom is 0.218 e. The van der Waals surface area contributed by atoms with Crippen molar-refractivity contribution in [3.63, 3.8) is 0 Å². The predicted molar refractivity (Wildman–Crippen MR) is 132 cm³/mol. The van der Waals surface area contributed by atoms with Crippen LogP contribution < -0.4 is 15.4 Å². The Balaban J connectivity index is 0.00000341. The first-order valence-corrected chi connectivity index (χ1v) is 10.6. The van der Waals surface area contributed by atoms with Gasteiger partial charge in [0.25, 0.3) is 0 Å². The van der Waals surface area contributed by atoms with E-state index in [-0.39, 0.29) is 30.0 Å². The van der Waals surface area contributed by atoms with Gasteiger partial charge in [-0.3, -0.25) is 9.89 Å². The van der Waals surface area contributed by atoms with Crippen molar-refractivity contribution in [2.24, 2.45) is 4.99 Å². The number of guanidine groups is 1. The van der Waals surface area contributed by atoms with Crippen molar-refractivity contribution in [3.05, 3.63) is 48.0 Å². The van der Waals surface area contributed by atoms with E-state index in [2.05, 4.69) is 31.6 Å². The van der Waals surface area contributed by atoms with Crippen LogP contribution in [0.4, 0.5) is 0 Å². The number of piperidine rings is 1. The van der Waals surface area contributed by atoms with Crippen molar-refractivity contribution >= 4 is 29.9 Å². The number of hydrogen-bond donors (Lipinski definition) is 2. The lowest BCUT2D eigenvalue weighted by Crippen LogP contribution is -2.44. The van der Waals surface area contributed by atoms with E-state index in [1.165, 1.54) is 19.3 Å². The molecule has 1 unspecified atom stereocenters. The van der Waals surface area contributed by atoms with Gasteiger partial charge < -0.3 is 24.5 Å². The van der Waals surface area contributed by atoms with E-state index in [1.54, 1.807) is 26.6 Å². The van der Waals surface area contributed by atoms with Crippen molar-refractivity contribution in [1.29, 1.82) is 0 Å². The first-order chi connectivity index (χ1) is 14.8. The zero-order valence-corrected chi connectivity index (χ0v) is 20.7. The van der Waals surface area contributed by atoms with Crippen LogP contribution in [0.5, 0.6) is 5.88 Å². The molecule has 1 fully saturated rings. The summed E-state index contributed by atoms with van der Waals surface area (Å²) >= 11 is 0. The summed E-state index contributed by atoms with van der Waals surface area (Å²) in [7, 11) is 3.43. The van der Waals surface area contributed by atoms with Crippen molar-refractivity contribution in [3.8, 4) is 5.88 Å². The average Bonchev–Trinajstić information content (AvgIpc) is 3.32. The van der Waals surface area contributed by atoms with Gasteiger partial charge in [-0.25, -0.2) is 4.98 Å². The average molecular weight is 543 g/mol. The lowest BCUT2D eigenvalue weighted by molar-refractivity contribution is 0.143. The fraction of sp³-hybridized carbons (Fsp3) is 0.545. The molecule has 8 nitrogen and oxygen atoms in total. The monoisotopic (exact) mass is 543 g/mol. The standard InChI is InChI=1S/C22H33N5O3.HI/c1-23-22(25-16-18-8-6-10-24-21(18)30-15-14-28-2)26-17-19(20-9-7-13-29-20)27-11-4-3-5-12-27;/h6-10,13,19H,3-5,11-12,14-17H2,1-2H3,(H2,23,25,26);1H. The highest BCUT2D eigenvalue weighted by Gasteiger charge is 2.24. The van der Waals surface area contributed by atoms with Crippen LogP contribution in [0.25, 0.3) is 0 Å². The maximum atomic E-state index is 5.73. The highest BCUT2D eigenvalue weighted by atomic mass is 127. The zero-order chi connectivity index (χ0) is 21.0. The number of aliphatic imine (C=N–C) groups is 1. The molecule has 3 rings (SSSR count). The van der Waals surface area contributed by atoms with Gasteiger partial charge in [0, 0.05) is 39.0 Å². The predicted octanol–water partition coefficient (Wildman–Crippen LogP) is 3.21. The van der Waals surface area contributed by atoms with Gasteiger partial charge in [-0.2, -0.15) is 0 Å². The fourth-order valence-electron chi connectivity index (χ4n) is 3.62. The van der Waals surface area contributed by atoms with Crippen LogP contribution >= 0.6 is 24.0 Å². The van der Waals surface area contributed by atoms with Crippen LogP contribution in [0.3, 0.4) is 0 Å². The summed E-state index contributed by atoms with van der Waals surface area (Å²) in [5.74, 6) is 2.33. The number of nitrogens with zero attached hydrogens (tertiary/aromatic N) is 3. The fourth-order valence-corrected chi connectivity index (χ4v) is 3.62. The minimum Gasteiger partial charge on any atom is -0.475 e. The Morgan fingerprint density at radius 1 is 1.19 bits per heavy atom. The molecule has 0 aliphatic carbocycles. The molecule has 1 saturated heterocycles. The minimum atomic E-state index is 0. The second kappa shape index (κ2) is 14.3. The summed E-state index contributed by atoms with van der Waals surface area (Å²) in [5, 5.41) is 6.81. The van der Waals surface area contributed by atoms with Crippen LogP contribution in [0.15, 0.2) is 46.1 Å². The van der Waals surface area contributed by atoms with Gasteiger partial charge in [0.15, 0.2) is 5.96 Å². The number of furan rings is 1. The summed E-state index contributed by atoms with van der Waals surface area (Å²) in [4.78, 5) is 11.2. The highest BCUT2D eigenvalue weighted by molar-refractivity contribution is 14.0. The molecule has 0 radical (unpaired) electrons. The van der Waals surface area contributed by atoms with Gasteiger partial charge in [0.05, 0.1) is 18.9 Å². The van der Waals surface area contributed by atoms with Gasteiger partial charge in [0.1, 0.15) is 12.4 Å². The normalized spacial score (nSPS) is 15.7. The molecule has 31 heavy (non-hydrogen) atoms. The van der Waals surface area contributed by atoms with Gasteiger partial charge in [-0.1, -0.05) is 12.5 Å². The second-order valence-electron chi connectivity index (χ2n) is 7.24. The molecule has 172 valence electrons. The molecule has 1 aliphatic heterocycles. The van der Waals surface area contributed by atoms with Crippen LogP contribution in [0.1, 0.15) is 36.6 Å². The molecule has 1 atom stereocenters. The molecule has 2 aromatic rings. The second-order valence-corrected chi connectivity index (χ2v) is 7.24. The molecule has 1 aliphatic rings. The van der Waals surface area contributed by atoms with Gasteiger partial charge in [0.2, 0.25) is 5.88 Å². The molecular formula is C22H34IN5O3. The minimum absolute atomic E-state index is 0. The topological polar surface area (TPSA) is 84.2 Å². The molecule has 3 heterocycles. The molecule has 0 aromatic carbocycles. The van der Waals surface area contributed by atoms with Gasteiger partial charge in [-0.15, -0.1) is 24.0 Å². The summed E-state index contributed by atoms with van der Waals surface area (Å²) in [5.41, 5.74) is 0.968. The summed E-state index contributed by atoms with van der Waals surface area (Å²) in [6.07, 6.45) is 7.24. The number of pyridine rings is 1. The lowest BCUT2D eigenvalue weighted by Gasteiger charge is -2.33. The van der Waals surface area contributed by atoms with E-state index >= 15 is 0 Å². The smallest absolute Gasteiger partial charge is 0.218 e. The highest BCUT2D eigenvalue weighted by Crippen LogP contribution is 2.24. The third kappa shape index (κ3) is 7.97. The Labute approximate surface area is 201 Å². The Morgan fingerprint density at radius 2 is 2.03 bits per heavy atom. The Morgan fingerprint density at radius 3 is 2.74 bits per heavy atom. The SMILES string of the molecule is CN=C(NCc1cccnc1OCCOC)NCC(c1ccco1)N1CCCCC1.I. The molecule has 0 saturated carbocycles. The number of halogens is 1. The Bertz CT molecular complexity index is 766. The van der Waals surface area contributed by atoms with E-state index in [0.717, 1.165) is 36.9 Å². The van der Waals surface area contributed by atoms with Crippen LogP contribution in [-0.2, 0) is 11.3 Å². The molecule has 0 spiro atoms. The van der Waals surface area contributed by atoms with E-state index in [0.29, 0.717) is 25.6 Å². The number of ether oxygens (including phenoxy) is 2. The van der Waals surface area contributed by atoms with E-state index in [9.17, 15) is 0 Å². The Kier molecular flexibility index (Phi) is 11.7. The number of hydrogen-bond acceptors (Lipinski definition) is 6. The summed E-state index contributed by atoms with van der Waals surface area (Å²) in [6.45, 7) is 4.46. The Hall–Kier alpha value is -1.85. The number of nitrogens with one attached hydrogen (secondary N) is 2. The maximum absolute atomic E-state index is 5.73. The zero-order valence-electron chi connectivity index (χ0n) is 18.4. The van der Waals surface area contributed by atoms with Gasteiger partial charge in [-0.05, 0) is 44.1 Å². The van der Waals surface area contributed by atoms with Crippen molar-refractivity contribution in [1.82, 2.24) is 20.5 Å². The molecular weight excluding hydrogens is 509 g/mol.